The van der Waals surface area contributed by atoms with Crippen molar-refractivity contribution >= 4 is 29.1 Å². The average Bonchev–Trinajstić information content (AvgIpc) is 2.46. The first-order valence-corrected chi connectivity index (χ1v) is 7.65. The van der Waals surface area contributed by atoms with Gasteiger partial charge in [-0.15, -0.1) is 0 Å². The minimum Gasteiger partial charge on any atom is -0.465 e. The smallest absolute Gasteiger partial charge is 0.337 e. The van der Waals surface area contributed by atoms with Crippen LogP contribution in [0.3, 0.4) is 0 Å². The van der Waals surface area contributed by atoms with Crippen LogP contribution in [-0.2, 0) is 4.74 Å². The van der Waals surface area contributed by atoms with E-state index >= 15 is 0 Å². The molecule has 104 valence electrons. The van der Waals surface area contributed by atoms with Crippen molar-refractivity contribution in [2.45, 2.75) is 12.8 Å². The standard InChI is InChI=1S/C14H20N2O2S/c1-18-14(17)11-2-3-13(12(15)8-11)16-9-10-4-6-19-7-5-10/h2-3,8,10,16H,4-7,9,15H2,1H3. The van der Waals surface area contributed by atoms with Crippen molar-refractivity contribution < 1.29 is 9.53 Å². The number of nitrogen functional groups attached to an aromatic ring is 1. The maximum Gasteiger partial charge on any atom is 0.337 e. The summed E-state index contributed by atoms with van der Waals surface area (Å²) in [5.74, 6) is 2.87. The summed E-state index contributed by atoms with van der Waals surface area (Å²) in [6.07, 6.45) is 2.52. The summed E-state index contributed by atoms with van der Waals surface area (Å²) >= 11 is 2.03. The van der Waals surface area contributed by atoms with Gasteiger partial charge in [0, 0.05) is 6.54 Å². The van der Waals surface area contributed by atoms with Gasteiger partial charge in [-0.3, -0.25) is 0 Å². The van der Waals surface area contributed by atoms with Gasteiger partial charge in [0.2, 0.25) is 0 Å². The van der Waals surface area contributed by atoms with Crippen LogP contribution in [0.5, 0.6) is 0 Å². The van der Waals surface area contributed by atoms with Crippen molar-refractivity contribution in [3.05, 3.63) is 23.8 Å². The summed E-state index contributed by atoms with van der Waals surface area (Å²) in [5.41, 5.74) is 7.93. The van der Waals surface area contributed by atoms with Gasteiger partial charge in [0.15, 0.2) is 0 Å². The third-order valence-corrected chi connectivity index (χ3v) is 4.44. The molecule has 1 aliphatic heterocycles. The van der Waals surface area contributed by atoms with Gasteiger partial charge in [-0.05, 0) is 48.5 Å². The van der Waals surface area contributed by atoms with Gasteiger partial charge in [0.05, 0.1) is 24.0 Å². The van der Waals surface area contributed by atoms with E-state index in [0.717, 1.165) is 18.2 Å². The molecule has 0 saturated carbocycles. The Labute approximate surface area is 118 Å². The van der Waals surface area contributed by atoms with Crippen molar-refractivity contribution in [3.63, 3.8) is 0 Å². The molecule has 0 aliphatic carbocycles. The Kier molecular flexibility index (Phi) is 4.96. The summed E-state index contributed by atoms with van der Waals surface area (Å²) in [4.78, 5) is 11.4. The molecule has 2 rings (SSSR count). The highest BCUT2D eigenvalue weighted by Gasteiger charge is 2.14. The Morgan fingerprint density at radius 2 is 2.21 bits per heavy atom. The van der Waals surface area contributed by atoms with Crippen molar-refractivity contribution in [3.8, 4) is 0 Å². The number of carbonyl (C=O) groups excluding carboxylic acids is 1. The van der Waals surface area contributed by atoms with Crippen LogP contribution in [0.2, 0.25) is 0 Å². The lowest BCUT2D eigenvalue weighted by Gasteiger charge is -2.22. The van der Waals surface area contributed by atoms with Crippen molar-refractivity contribution in [1.29, 1.82) is 0 Å². The largest absolute Gasteiger partial charge is 0.465 e. The van der Waals surface area contributed by atoms with E-state index in [-0.39, 0.29) is 5.97 Å². The highest BCUT2D eigenvalue weighted by atomic mass is 32.2. The fourth-order valence-electron chi connectivity index (χ4n) is 2.17. The van der Waals surface area contributed by atoms with E-state index in [9.17, 15) is 4.79 Å². The molecule has 0 unspecified atom stereocenters. The van der Waals surface area contributed by atoms with E-state index < -0.39 is 0 Å². The number of benzene rings is 1. The minimum atomic E-state index is -0.359. The Morgan fingerprint density at radius 3 is 2.84 bits per heavy atom. The average molecular weight is 280 g/mol. The van der Waals surface area contributed by atoms with E-state index in [1.165, 1.54) is 31.5 Å². The lowest BCUT2D eigenvalue weighted by atomic mass is 10.0. The second-order valence-corrected chi connectivity index (χ2v) is 5.96. The van der Waals surface area contributed by atoms with Gasteiger partial charge in [-0.2, -0.15) is 11.8 Å². The number of hydrogen-bond acceptors (Lipinski definition) is 5. The molecule has 1 saturated heterocycles. The van der Waals surface area contributed by atoms with Crippen molar-refractivity contribution in [1.82, 2.24) is 0 Å². The first kappa shape index (κ1) is 14.1. The van der Waals surface area contributed by atoms with E-state index in [4.69, 9.17) is 5.73 Å². The first-order valence-electron chi connectivity index (χ1n) is 6.50. The zero-order chi connectivity index (χ0) is 13.7. The van der Waals surface area contributed by atoms with Crippen LogP contribution < -0.4 is 11.1 Å². The SMILES string of the molecule is COC(=O)c1ccc(NCC2CCSCC2)c(N)c1. The van der Waals surface area contributed by atoms with Gasteiger partial charge in [-0.25, -0.2) is 4.79 Å². The first-order chi connectivity index (χ1) is 9.20. The van der Waals surface area contributed by atoms with E-state index in [0.29, 0.717) is 11.3 Å². The molecule has 19 heavy (non-hydrogen) atoms. The number of esters is 1. The molecule has 0 atom stereocenters. The lowest BCUT2D eigenvalue weighted by molar-refractivity contribution is 0.0601. The third-order valence-electron chi connectivity index (χ3n) is 3.39. The second kappa shape index (κ2) is 6.70. The summed E-state index contributed by atoms with van der Waals surface area (Å²) in [6, 6.07) is 5.24. The second-order valence-electron chi connectivity index (χ2n) is 4.73. The number of thioether (sulfide) groups is 1. The Morgan fingerprint density at radius 1 is 1.47 bits per heavy atom. The number of nitrogens with two attached hydrogens (primary N) is 1. The molecule has 5 heteroatoms. The molecule has 3 N–H and O–H groups in total. The molecule has 0 aromatic heterocycles. The van der Waals surface area contributed by atoms with Crippen LogP contribution in [0.1, 0.15) is 23.2 Å². The lowest BCUT2D eigenvalue weighted by Crippen LogP contribution is -2.19. The molecule has 0 radical (unpaired) electrons. The van der Waals surface area contributed by atoms with Gasteiger partial charge in [0.25, 0.3) is 0 Å². The number of rotatable bonds is 4. The van der Waals surface area contributed by atoms with Gasteiger partial charge < -0.3 is 15.8 Å². The Balaban J connectivity index is 1.95. The number of methoxy groups -OCH3 is 1. The topological polar surface area (TPSA) is 64.3 Å². The highest BCUT2D eigenvalue weighted by Crippen LogP contribution is 2.25. The molecule has 0 bridgehead atoms. The summed E-state index contributed by atoms with van der Waals surface area (Å²) in [5, 5.41) is 3.38. The van der Waals surface area contributed by atoms with Gasteiger partial charge in [0.1, 0.15) is 0 Å². The monoisotopic (exact) mass is 280 g/mol. The quantitative estimate of drug-likeness (QED) is 0.655. The van der Waals surface area contributed by atoms with E-state index in [1.54, 1.807) is 12.1 Å². The summed E-state index contributed by atoms with van der Waals surface area (Å²) < 4.78 is 4.67. The molecule has 1 fully saturated rings. The van der Waals surface area contributed by atoms with Crippen LogP contribution in [0.4, 0.5) is 11.4 Å². The summed E-state index contributed by atoms with van der Waals surface area (Å²) in [7, 11) is 1.37. The maximum atomic E-state index is 11.4. The minimum absolute atomic E-state index is 0.359. The van der Waals surface area contributed by atoms with Crippen LogP contribution >= 0.6 is 11.8 Å². The Bertz CT molecular complexity index is 445. The molecular weight excluding hydrogens is 260 g/mol. The zero-order valence-electron chi connectivity index (χ0n) is 11.1. The van der Waals surface area contributed by atoms with Crippen LogP contribution in [0, 0.1) is 5.92 Å². The number of anilines is 2. The summed E-state index contributed by atoms with van der Waals surface area (Å²) in [6.45, 7) is 0.947. The van der Waals surface area contributed by atoms with E-state index in [1.807, 2.05) is 17.8 Å². The number of carbonyl (C=O) groups is 1. The molecule has 4 nitrogen and oxygen atoms in total. The zero-order valence-corrected chi connectivity index (χ0v) is 12.0. The molecule has 0 spiro atoms. The maximum absolute atomic E-state index is 11.4. The molecule has 1 aromatic carbocycles. The van der Waals surface area contributed by atoms with E-state index in [2.05, 4.69) is 10.1 Å². The molecule has 1 aromatic rings. The van der Waals surface area contributed by atoms with Gasteiger partial charge >= 0.3 is 5.97 Å². The molecular formula is C14H20N2O2S. The fourth-order valence-corrected chi connectivity index (χ4v) is 3.38. The number of ether oxygens (including phenoxy) is 1. The van der Waals surface area contributed by atoms with Gasteiger partial charge in [-0.1, -0.05) is 0 Å². The normalized spacial score (nSPS) is 16.1. The third kappa shape index (κ3) is 3.80. The highest BCUT2D eigenvalue weighted by molar-refractivity contribution is 7.99. The molecule has 1 heterocycles. The molecule has 0 amide bonds. The van der Waals surface area contributed by atoms with Crippen LogP contribution in [0.25, 0.3) is 0 Å². The number of hydrogen-bond donors (Lipinski definition) is 2. The Hall–Kier alpha value is -1.36. The fraction of sp³-hybridized carbons (Fsp3) is 0.500. The molecule has 1 aliphatic rings. The predicted molar refractivity (Wildman–Crippen MR) is 80.7 cm³/mol. The predicted octanol–water partition coefficient (Wildman–Crippen LogP) is 2.61. The number of nitrogens with one attached hydrogen (secondary N) is 1. The van der Waals surface area contributed by atoms with Crippen molar-refractivity contribution in [2.75, 3.05) is 36.2 Å². The van der Waals surface area contributed by atoms with Crippen molar-refractivity contribution in [2.24, 2.45) is 5.92 Å². The van der Waals surface area contributed by atoms with Crippen LogP contribution in [-0.4, -0.2) is 31.1 Å². The van der Waals surface area contributed by atoms with Crippen LogP contribution in [0.15, 0.2) is 18.2 Å².